The Morgan fingerprint density at radius 1 is 1.33 bits per heavy atom. The second kappa shape index (κ2) is 4.10. The summed E-state index contributed by atoms with van der Waals surface area (Å²) in [6, 6.07) is 7.44. The van der Waals surface area contributed by atoms with Crippen molar-refractivity contribution in [2.75, 3.05) is 0 Å². The Balaban J connectivity index is 2.36. The molecular formula is C13H10BrN3O. The number of nitrogens with one attached hydrogen (secondary N) is 1. The van der Waals surface area contributed by atoms with Crippen molar-refractivity contribution in [1.82, 2.24) is 14.8 Å². The third-order valence-corrected chi connectivity index (χ3v) is 3.43. The van der Waals surface area contributed by atoms with Gasteiger partial charge in [-0.2, -0.15) is 5.10 Å². The van der Waals surface area contributed by atoms with E-state index >= 15 is 0 Å². The summed E-state index contributed by atoms with van der Waals surface area (Å²) in [6.45, 7) is 0. The lowest BCUT2D eigenvalue weighted by molar-refractivity contribution is 0.775. The minimum Gasteiger partial charge on any atom is -0.360 e. The third-order valence-electron chi connectivity index (χ3n) is 2.94. The molecule has 0 fully saturated rings. The molecule has 18 heavy (non-hydrogen) atoms. The van der Waals surface area contributed by atoms with E-state index < -0.39 is 0 Å². The molecule has 2 aromatic heterocycles. The Bertz CT molecular complexity index is 788. The summed E-state index contributed by atoms with van der Waals surface area (Å²) < 4.78 is 2.58. The van der Waals surface area contributed by atoms with Crippen LogP contribution in [0.1, 0.15) is 0 Å². The topological polar surface area (TPSA) is 50.7 Å². The van der Waals surface area contributed by atoms with Crippen LogP contribution < -0.4 is 5.43 Å². The van der Waals surface area contributed by atoms with Gasteiger partial charge in [0.25, 0.3) is 0 Å². The number of halogens is 1. The van der Waals surface area contributed by atoms with E-state index in [1.54, 1.807) is 17.1 Å². The zero-order valence-corrected chi connectivity index (χ0v) is 11.2. The number of nitrogens with zero attached hydrogens (tertiary/aromatic N) is 2. The first-order valence-corrected chi connectivity index (χ1v) is 6.25. The van der Waals surface area contributed by atoms with Crippen molar-refractivity contribution < 1.29 is 0 Å². The maximum Gasteiger partial charge on any atom is 0.198 e. The van der Waals surface area contributed by atoms with Gasteiger partial charge in [-0.15, -0.1) is 0 Å². The van der Waals surface area contributed by atoms with Crippen LogP contribution in [0.5, 0.6) is 0 Å². The molecule has 4 nitrogen and oxygen atoms in total. The molecule has 0 aliphatic heterocycles. The highest BCUT2D eigenvalue weighted by Gasteiger charge is 2.10. The lowest BCUT2D eigenvalue weighted by Crippen LogP contribution is -2.08. The second-order valence-electron chi connectivity index (χ2n) is 4.06. The number of aromatic nitrogens is 3. The Hall–Kier alpha value is -1.88. The molecule has 0 saturated heterocycles. The summed E-state index contributed by atoms with van der Waals surface area (Å²) in [6.07, 6.45) is 3.41. The standard InChI is InChI=1S/C13H10BrN3O/c1-17-12(4-5-16-17)10-7-15-11-3-2-8(14)6-9(11)13(10)18/h2-7H,1H3,(H,15,18). The van der Waals surface area contributed by atoms with Crippen LogP contribution in [0.4, 0.5) is 0 Å². The Labute approximate surface area is 111 Å². The van der Waals surface area contributed by atoms with E-state index in [-0.39, 0.29) is 5.43 Å². The number of aromatic amines is 1. The van der Waals surface area contributed by atoms with E-state index in [0.717, 1.165) is 15.7 Å². The van der Waals surface area contributed by atoms with Crippen molar-refractivity contribution in [3.05, 3.63) is 51.4 Å². The molecule has 0 radical (unpaired) electrons. The summed E-state index contributed by atoms with van der Waals surface area (Å²) in [7, 11) is 1.82. The molecule has 0 spiro atoms. The first-order valence-electron chi connectivity index (χ1n) is 5.46. The van der Waals surface area contributed by atoms with Crippen molar-refractivity contribution >= 4 is 26.8 Å². The van der Waals surface area contributed by atoms with Crippen LogP contribution in [0.2, 0.25) is 0 Å². The van der Waals surface area contributed by atoms with Crippen LogP contribution in [0.15, 0.2) is 45.9 Å². The molecule has 1 N–H and O–H groups in total. The summed E-state index contributed by atoms with van der Waals surface area (Å²) in [4.78, 5) is 15.6. The van der Waals surface area contributed by atoms with E-state index in [4.69, 9.17) is 0 Å². The van der Waals surface area contributed by atoms with Gasteiger partial charge < -0.3 is 4.98 Å². The minimum absolute atomic E-state index is 0.00801. The van der Waals surface area contributed by atoms with Crippen molar-refractivity contribution in [3.8, 4) is 11.3 Å². The van der Waals surface area contributed by atoms with Crippen molar-refractivity contribution in [1.29, 1.82) is 0 Å². The quantitative estimate of drug-likeness (QED) is 0.751. The van der Waals surface area contributed by atoms with Crippen molar-refractivity contribution in [2.45, 2.75) is 0 Å². The van der Waals surface area contributed by atoms with E-state index in [1.807, 2.05) is 31.3 Å². The number of hydrogen-bond acceptors (Lipinski definition) is 2. The zero-order chi connectivity index (χ0) is 12.7. The molecule has 2 heterocycles. The zero-order valence-electron chi connectivity index (χ0n) is 9.64. The van der Waals surface area contributed by atoms with Crippen LogP contribution in [0.25, 0.3) is 22.2 Å². The summed E-state index contributed by atoms with van der Waals surface area (Å²) in [5.41, 5.74) is 2.27. The monoisotopic (exact) mass is 303 g/mol. The summed E-state index contributed by atoms with van der Waals surface area (Å²) in [5, 5.41) is 4.76. The van der Waals surface area contributed by atoms with Gasteiger partial charge in [-0.3, -0.25) is 9.48 Å². The lowest BCUT2D eigenvalue weighted by Gasteiger charge is -2.04. The van der Waals surface area contributed by atoms with Gasteiger partial charge >= 0.3 is 0 Å². The molecule has 0 aliphatic carbocycles. The van der Waals surface area contributed by atoms with Crippen LogP contribution in [-0.2, 0) is 7.05 Å². The highest BCUT2D eigenvalue weighted by atomic mass is 79.9. The predicted octanol–water partition coefficient (Wildman–Crippen LogP) is 2.69. The van der Waals surface area contributed by atoms with Crippen LogP contribution in [0, 0.1) is 0 Å². The fourth-order valence-corrected chi connectivity index (χ4v) is 2.38. The molecule has 0 amide bonds. The van der Waals surface area contributed by atoms with E-state index in [9.17, 15) is 4.79 Å². The van der Waals surface area contributed by atoms with Crippen molar-refractivity contribution in [2.24, 2.45) is 7.05 Å². The van der Waals surface area contributed by atoms with Gasteiger partial charge in [0.1, 0.15) is 0 Å². The first-order chi connectivity index (χ1) is 8.66. The Kier molecular flexibility index (Phi) is 2.56. The van der Waals surface area contributed by atoms with Gasteiger partial charge in [0.15, 0.2) is 5.43 Å². The number of rotatable bonds is 1. The maximum atomic E-state index is 12.4. The van der Waals surface area contributed by atoms with Crippen molar-refractivity contribution in [3.63, 3.8) is 0 Å². The maximum absolute atomic E-state index is 12.4. The van der Waals surface area contributed by atoms with E-state index in [1.165, 1.54) is 0 Å². The smallest absolute Gasteiger partial charge is 0.198 e. The molecule has 0 atom stereocenters. The number of H-pyrrole nitrogens is 1. The van der Waals surface area contributed by atoms with Crippen LogP contribution in [0.3, 0.4) is 0 Å². The number of aryl methyl sites for hydroxylation is 1. The van der Waals surface area contributed by atoms with Gasteiger partial charge in [-0.05, 0) is 24.3 Å². The number of fused-ring (bicyclic) bond motifs is 1. The second-order valence-corrected chi connectivity index (χ2v) is 4.98. The molecule has 0 aliphatic rings. The molecule has 1 aromatic carbocycles. The predicted molar refractivity (Wildman–Crippen MR) is 74.5 cm³/mol. The molecule has 3 rings (SSSR count). The normalized spacial score (nSPS) is 11.0. The minimum atomic E-state index is 0.00801. The average molecular weight is 304 g/mol. The Morgan fingerprint density at radius 2 is 2.17 bits per heavy atom. The molecule has 5 heteroatoms. The molecule has 0 bridgehead atoms. The van der Waals surface area contributed by atoms with E-state index in [0.29, 0.717) is 10.9 Å². The van der Waals surface area contributed by atoms with Crippen LogP contribution >= 0.6 is 15.9 Å². The molecule has 0 saturated carbocycles. The fourth-order valence-electron chi connectivity index (χ4n) is 2.02. The lowest BCUT2D eigenvalue weighted by atomic mass is 10.1. The highest BCUT2D eigenvalue weighted by molar-refractivity contribution is 9.10. The van der Waals surface area contributed by atoms with Gasteiger partial charge in [-0.25, -0.2) is 0 Å². The largest absolute Gasteiger partial charge is 0.360 e. The number of benzene rings is 1. The van der Waals surface area contributed by atoms with Crippen LogP contribution in [-0.4, -0.2) is 14.8 Å². The SMILES string of the molecule is Cn1nccc1-c1c[nH]c2ccc(Br)cc2c1=O. The summed E-state index contributed by atoms with van der Waals surface area (Å²) >= 11 is 3.38. The van der Waals surface area contributed by atoms with Gasteiger partial charge in [0.2, 0.25) is 0 Å². The summed E-state index contributed by atoms with van der Waals surface area (Å²) in [5.74, 6) is 0. The number of pyridine rings is 1. The Morgan fingerprint density at radius 3 is 2.89 bits per heavy atom. The highest BCUT2D eigenvalue weighted by Crippen LogP contribution is 2.19. The first kappa shape index (κ1) is 11.2. The fraction of sp³-hybridized carbons (Fsp3) is 0.0769. The molecule has 90 valence electrons. The third kappa shape index (κ3) is 1.67. The molecule has 3 aromatic rings. The van der Waals surface area contributed by atoms with Gasteiger partial charge in [-0.1, -0.05) is 15.9 Å². The molecule has 0 unspecified atom stereocenters. The van der Waals surface area contributed by atoms with Gasteiger partial charge in [0, 0.05) is 34.8 Å². The number of hydrogen-bond donors (Lipinski definition) is 1. The average Bonchev–Trinajstić information content (AvgIpc) is 2.77. The van der Waals surface area contributed by atoms with E-state index in [2.05, 4.69) is 26.0 Å². The molecular weight excluding hydrogens is 294 g/mol. The van der Waals surface area contributed by atoms with Gasteiger partial charge in [0.05, 0.1) is 11.3 Å².